The first-order chi connectivity index (χ1) is 9.68. The number of fused-ring (bicyclic) bond motifs is 1. The van der Waals surface area contributed by atoms with E-state index in [2.05, 4.69) is 12.2 Å². The van der Waals surface area contributed by atoms with Crippen LogP contribution in [0.4, 0.5) is 10.1 Å². The number of hydrogen-bond acceptors (Lipinski definition) is 2. The number of amides is 2. The molecular formula is C16H14FNO2. The van der Waals surface area contributed by atoms with Gasteiger partial charge in [-0.1, -0.05) is 24.3 Å². The summed E-state index contributed by atoms with van der Waals surface area (Å²) in [5, 5.41) is 0. The van der Waals surface area contributed by atoms with E-state index in [-0.39, 0.29) is 41.2 Å². The fraction of sp³-hybridized carbons (Fsp3) is 0.375. The highest BCUT2D eigenvalue weighted by atomic mass is 19.1. The summed E-state index contributed by atoms with van der Waals surface area (Å²) >= 11 is 0. The van der Waals surface area contributed by atoms with Crippen LogP contribution in [0.3, 0.4) is 0 Å². The van der Waals surface area contributed by atoms with Crippen LogP contribution in [0.2, 0.25) is 0 Å². The van der Waals surface area contributed by atoms with Crippen LogP contribution in [-0.2, 0) is 9.59 Å². The number of anilines is 1. The van der Waals surface area contributed by atoms with E-state index in [0.29, 0.717) is 0 Å². The Morgan fingerprint density at radius 1 is 0.950 bits per heavy atom. The van der Waals surface area contributed by atoms with Crippen molar-refractivity contribution in [1.82, 2.24) is 0 Å². The Hall–Kier alpha value is -1.97. The van der Waals surface area contributed by atoms with Crippen molar-refractivity contribution in [3.63, 3.8) is 0 Å². The fourth-order valence-corrected chi connectivity index (χ4v) is 3.94. The molecule has 20 heavy (non-hydrogen) atoms. The lowest BCUT2D eigenvalue weighted by atomic mass is 9.63. The molecule has 102 valence electrons. The monoisotopic (exact) mass is 271 g/mol. The Labute approximate surface area is 116 Å². The van der Waals surface area contributed by atoms with Crippen molar-refractivity contribution >= 4 is 17.5 Å². The average Bonchev–Trinajstić information content (AvgIpc) is 2.75. The number of para-hydroxylation sites is 1. The molecule has 3 nitrogen and oxygen atoms in total. The van der Waals surface area contributed by atoms with Crippen molar-refractivity contribution in [2.75, 3.05) is 4.90 Å². The Bertz CT molecular complexity index is 607. The molecule has 1 aliphatic heterocycles. The lowest BCUT2D eigenvalue weighted by Crippen LogP contribution is -2.38. The van der Waals surface area contributed by atoms with Crippen molar-refractivity contribution in [1.29, 1.82) is 0 Å². The predicted molar refractivity (Wildman–Crippen MR) is 71.2 cm³/mol. The predicted octanol–water partition coefficient (Wildman–Crippen LogP) is 2.53. The summed E-state index contributed by atoms with van der Waals surface area (Å²) in [4.78, 5) is 26.3. The molecule has 1 aromatic rings. The van der Waals surface area contributed by atoms with Gasteiger partial charge in [-0.05, 0) is 36.8 Å². The quantitative estimate of drug-likeness (QED) is 0.581. The molecule has 0 radical (unpaired) electrons. The SMILES string of the molecule is O=C1[C@@H]2[C@H](C(=O)N1c1ccccc1F)[C@H]1C=C[C@H]2CC1. The highest BCUT2D eigenvalue weighted by Crippen LogP contribution is 2.50. The molecule has 0 unspecified atom stereocenters. The van der Waals surface area contributed by atoms with Gasteiger partial charge in [0.1, 0.15) is 5.82 Å². The Kier molecular flexibility index (Phi) is 2.37. The van der Waals surface area contributed by atoms with E-state index >= 15 is 0 Å². The minimum atomic E-state index is -0.520. The highest BCUT2D eigenvalue weighted by Gasteiger charge is 2.57. The molecule has 4 aliphatic rings. The van der Waals surface area contributed by atoms with E-state index < -0.39 is 5.82 Å². The second-order valence-corrected chi connectivity index (χ2v) is 5.80. The maximum Gasteiger partial charge on any atom is 0.238 e. The van der Waals surface area contributed by atoms with E-state index in [1.807, 2.05) is 0 Å². The molecule has 2 fully saturated rings. The first-order valence-electron chi connectivity index (χ1n) is 6.99. The van der Waals surface area contributed by atoms with Crippen molar-refractivity contribution in [3.05, 3.63) is 42.2 Å². The number of benzene rings is 1. The van der Waals surface area contributed by atoms with E-state index in [0.717, 1.165) is 17.7 Å². The smallest absolute Gasteiger partial charge is 0.238 e. The van der Waals surface area contributed by atoms with Crippen LogP contribution in [-0.4, -0.2) is 11.8 Å². The van der Waals surface area contributed by atoms with E-state index in [1.54, 1.807) is 12.1 Å². The van der Waals surface area contributed by atoms with Crippen LogP contribution in [0.5, 0.6) is 0 Å². The zero-order chi connectivity index (χ0) is 13.9. The van der Waals surface area contributed by atoms with Crippen LogP contribution < -0.4 is 4.90 Å². The van der Waals surface area contributed by atoms with Gasteiger partial charge < -0.3 is 0 Å². The van der Waals surface area contributed by atoms with Gasteiger partial charge in [0.2, 0.25) is 11.8 Å². The number of nitrogens with zero attached hydrogens (tertiary/aromatic N) is 1. The van der Waals surface area contributed by atoms with Gasteiger partial charge in [-0.15, -0.1) is 0 Å². The zero-order valence-corrected chi connectivity index (χ0v) is 10.8. The highest BCUT2D eigenvalue weighted by molar-refractivity contribution is 6.22. The van der Waals surface area contributed by atoms with Gasteiger partial charge in [0.15, 0.2) is 0 Å². The summed E-state index contributed by atoms with van der Waals surface area (Å²) in [5.74, 6) is -1.28. The topological polar surface area (TPSA) is 37.4 Å². The zero-order valence-electron chi connectivity index (χ0n) is 10.8. The Balaban J connectivity index is 1.80. The van der Waals surface area contributed by atoms with Gasteiger partial charge in [-0.2, -0.15) is 0 Å². The maximum absolute atomic E-state index is 13.9. The van der Waals surface area contributed by atoms with Crippen molar-refractivity contribution in [2.24, 2.45) is 23.7 Å². The third-order valence-corrected chi connectivity index (χ3v) is 4.85. The first-order valence-corrected chi connectivity index (χ1v) is 6.99. The fourth-order valence-electron chi connectivity index (χ4n) is 3.94. The molecule has 0 aromatic heterocycles. The van der Waals surface area contributed by atoms with Crippen molar-refractivity contribution in [3.8, 4) is 0 Å². The molecule has 4 atom stereocenters. The molecular weight excluding hydrogens is 257 g/mol. The van der Waals surface area contributed by atoms with E-state index in [4.69, 9.17) is 0 Å². The largest absolute Gasteiger partial charge is 0.274 e. The summed E-state index contributed by atoms with van der Waals surface area (Å²) in [6.07, 6.45) is 6.02. The Morgan fingerprint density at radius 2 is 1.50 bits per heavy atom. The lowest BCUT2D eigenvalue weighted by Gasteiger charge is -2.38. The third kappa shape index (κ3) is 1.39. The van der Waals surface area contributed by atoms with E-state index in [9.17, 15) is 14.0 Å². The van der Waals surface area contributed by atoms with E-state index in [1.165, 1.54) is 12.1 Å². The van der Waals surface area contributed by atoms with Gasteiger partial charge in [0, 0.05) is 0 Å². The molecule has 4 heteroatoms. The Morgan fingerprint density at radius 3 is 2.00 bits per heavy atom. The summed E-state index contributed by atoms with van der Waals surface area (Å²) in [6, 6.07) is 5.98. The molecule has 1 heterocycles. The van der Waals surface area contributed by atoms with Gasteiger partial charge >= 0.3 is 0 Å². The molecule has 1 saturated carbocycles. The molecule has 1 aromatic carbocycles. The minimum absolute atomic E-state index is 0.0938. The number of carbonyl (C=O) groups excluding carboxylic acids is 2. The number of rotatable bonds is 1. The number of halogens is 1. The van der Waals surface area contributed by atoms with Gasteiger partial charge in [0.05, 0.1) is 17.5 Å². The molecule has 0 spiro atoms. The van der Waals surface area contributed by atoms with Crippen LogP contribution in [0.25, 0.3) is 0 Å². The normalized spacial score (nSPS) is 34.8. The third-order valence-electron chi connectivity index (χ3n) is 4.85. The number of allylic oxidation sites excluding steroid dienone is 2. The molecule has 3 aliphatic carbocycles. The standard InChI is InChI=1S/C16H14FNO2/c17-11-3-1-2-4-12(11)18-15(19)13-9-5-6-10(8-7-9)14(13)16(18)20/h1-6,9-10,13-14H,7-8H2/t9-,10-,13-,14+/m0/s1. The number of hydrogen-bond donors (Lipinski definition) is 0. The van der Waals surface area contributed by atoms with Crippen LogP contribution in [0.15, 0.2) is 36.4 Å². The van der Waals surface area contributed by atoms with Gasteiger partial charge in [0.25, 0.3) is 0 Å². The minimum Gasteiger partial charge on any atom is -0.274 e. The molecule has 0 N–H and O–H groups in total. The first kappa shape index (κ1) is 11.8. The molecule has 2 amide bonds. The summed E-state index contributed by atoms with van der Waals surface area (Å²) in [7, 11) is 0. The van der Waals surface area contributed by atoms with Crippen LogP contribution >= 0.6 is 0 Å². The average molecular weight is 271 g/mol. The van der Waals surface area contributed by atoms with Crippen LogP contribution in [0, 0.1) is 29.5 Å². The maximum atomic E-state index is 13.9. The van der Waals surface area contributed by atoms with Gasteiger partial charge in [-0.3, -0.25) is 9.59 Å². The van der Waals surface area contributed by atoms with Crippen molar-refractivity contribution < 1.29 is 14.0 Å². The van der Waals surface area contributed by atoms with Gasteiger partial charge in [-0.25, -0.2) is 9.29 Å². The summed E-state index contributed by atoms with van der Waals surface area (Å²) < 4.78 is 13.9. The number of imide groups is 1. The lowest BCUT2D eigenvalue weighted by molar-refractivity contribution is -0.124. The second kappa shape index (κ2) is 4.01. The number of carbonyl (C=O) groups is 2. The molecule has 5 rings (SSSR count). The van der Waals surface area contributed by atoms with Crippen molar-refractivity contribution in [2.45, 2.75) is 12.8 Å². The molecule has 2 bridgehead atoms. The molecule has 1 saturated heterocycles. The summed E-state index contributed by atoms with van der Waals surface area (Å²) in [5.41, 5.74) is 0.0938. The summed E-state index contributed by atoms with van der Waals surface area (Å²) in [6.45, 7) is 0. The second-order valence-electron chi connectivity index (χ2n) is 5.80. The van der Waals surface area contributed by atoms with Crippen LogP contribution in [0.1, 0.15) is 12.8 Å².